The molecule has 1 unspecified atom stereocenters. The second-order valence-corrected chi connectivity index (χ2v) is 10.7. The van der Waals surface area contributed by atoms with Gasteiger partial charge in [0.05, 0.1) is 11.9 Å². The summed E-state index contributed by atoms with van der Waals surface area (Å²) in [6.07, 6.45) is 7.22. The lowest BCUT2D eigenvalue weighted by Crippen LogP contribution is -2.26. The molecule has 2 aromatic heterocycles. The molecule has 1 aliphatic heterocycles. The molecule has 2 aromatic rings. The maximum absolute atomic E-state index is 4.40. The number of nitrogens with one attached hydrogen (secondary N) is 1. The van der Waals surface area contributed by atoms with E-state index in [-0.39, 0.29) is 0 Å². The average molecular weight is 411 g/mol. The number of hydrogen-bond donors (Lipinski definition) is 1. The molecule has 3 atom stereocenters. The third-order valence-corrected chi connectivity index (χ3v) is 6.99. The first-order valence-electron chi connectivity index (χ1n) is 11.6. The van der Waals surface area contributed by atoms with E-state index in [1.54, 1.807) is 0 Å². The quantitative estimate of drug-likeness (QED) is 0.734. The molecule has 0 radical (unpaired) electrons. The van der Waals surface area contributed by atoms with Crippen molar-refractivity contribution in [2.45, 2.75) is 53.4 Å². The Kier molecular flexibility index (Phi) is 6.14. The number of likely N-dealkylation sites (tertiary alicyclic amines) is 1. The van der Waals surface area contributed by atoms with Crippen LogP contribution in [-0.2, 0) is 7.05 Å². The summed E-state index contributed by atoms with van der Waals surface area (Å²) in [6, 6.07) is 4.07. The minimum absolute atomic E-state index is 0.448. The molecule has 3 heterocycles. The van der Waals surface area contributed by atoms with Gasteiger partial charge in [-0.15, -0.1) is 10.2 Å². The number of anilines is 1. The zero-order valence-electron chi connectivity index (χ0n) is 19.4. The lowest BCUT2D eigenvalue weighted by molar-refractivity contribution is 0.244. The standard InChI is InChI=1S/C24H38N6/c1-17-14-26-29(5)23(17)21-6-7-22(28-27-21)25-10-8-18-12-19-15-30(16-20(19)13-18)11-9-24(2,3)4/h6-7,14,18-20H,8-13,15-16H2,1-5H3,(H,25,28)/t18?,19-,20+. The van der Waals surface area contributed by atoms with E-state index in [0.717, 1.165) is 47.1 Å². The topological polar surface area (TPSA) is 58.9 Å². The van der Waals surface area contributed by atoms with Gasteiger partial charge >= 0.3 is 0 Å². The molecule has 0 aromatic carbocycles. The number of aromatic nitrogens is 4. The molecule has 2 fully saturated rings. The smallest absolute Gasteiger partial charge is 0.148 e. The van der Waals surface area contributed by atoms with E-state index in [0.29, 0.717) is 5.41 Å². The fraction of sp³-hybridized carbons (Fsp3) is 0.708. The normalized spacial score (nSPS) is 24.4. The van der Waals surface area contributed by atoms with Crippen molar-refractivity contribution >= 4 is 5.82 Å². The SMILES string of the molecule is Cc1cnn(C)c1-c1ccc(NCCC2C[C@@H]3CN(CCC(C)(C)C)C[C@@H]3C2)nn1. The summed E-state index contributed by atoms with van der Waals surface area (Å²) in [6.45, 7) is 14.0. The van der Waals surface area contributed by atoms with E-state index < -0.39 is 0 Å². The van der Waals surface area contributed by atoms with Crippen LogP contribution < -0.4 is 5.32 Å². The highest BCUT2D eigenvalue weighted by molar-refractivity contribution is 5.59. The van der Waals surface area contributed by atoms with Crippen molar-refractivity contribution in [3.63, 3.8) is 0 Å². The summed E-state index contributed by atoms with van der Waals surface area (Å²) in [5.41, 5.74) is 3.47. The molecule has 0 bridgehead atoms. The first kappa shape index (κ1) is 21.3. The Morgan fingerprint density at radius 3 is 2.40 bits per heavy atom. The van der Waals surface area contributed by atoms with Gasteiger partial charge in [0.1, 0.15) is 11.5 Å². The molecule has 2 aliphatic rings. The minimum atomic E-state index is 0.448. The molecule has 6 heteroatoms. The van der Waals surface area contributed by atoms with Crippen LogP contribution in [0.2, 0.25) is 0 Å². The van der Waals surface area contributed by atoms with E-state index in [9.17, 15) is 0 Å². The highest BCUT2D eigenvalue weighted by Crippen LogP contribution is 2.43. The number of fused-ring (bicyclic) bond motifs is 1. The van der Waals surface area contributed by atoms with Gasteiger partial charge in [-0.3, -0.25) is 4.68 Å². The second-order valence-electron chi connectivity index (χ2n) is 10.7. The fourth-order valence-corrected chi connectivity index (χ4v) is 5.31. The van der Waals surface area contributed by atoms with Crippen LogP contribution in [-0.4, -0.2) is 51.1 Å². The van der Waals surface area contributed by atoms with Gasteiger partial charge in [-0.1, -0.05) is 20.8 Å². The molecule has 1 aliphatic carbocycles. The van der Waals surface area contributed by atoms with Crippen LogP contribution >= 0.6 is 0 Å². The Morgan fingerprint density at radius 1 is 1.10 bits per heavy atom. The maximum Gasteiger partial charge on any atom is 0.148 e. The molecule has 6 nitrogen and oxygen atoms in total. The molecule has 1 saturated carbocycles. The van der Waals surface area contributed by atoms with Crippen molar-refractivity contribution in [2.75, 3.05) is 31.5 Å². The van der Waals surface area contributed by atoms with Crippen LogP contribution in [0.15, 0.2) is 18.3 Å². The molecular weight excluding hydrogens is 372 g/mol. The summed E-state index contributed by atoms with van der Waals surface area (Å²) in [5, 5.41) is 16.5. The van der Waals surface area contributed by atoms with Crippen molar-refractivity contribution in [1.82, 2.24) is 24.9 Å². The zero-order chi connectivity index (χ0) is 21.3. The largest absolute Gasteiger partial charge is 0.369 e. The number of hydrogen-bond acceptors (Lipinski definition) is 5. The summed E-state index contributed by atoms with van der Waals surface area (Å²) in [4.78, 5) is 2.72. The average Bonchev–Trinajstić information content (AvgIpc) is 3.33. The highest BCUT2D eigenvalue weighted by Gasteiger charge is 2.40. The Labute approximate surface area is 181 Å². The molecule has 164 valence electrons. The van der Waals surface area contributed by atoms with Crippen molar-refractivity contribution in [3.8, 4) is 11.4 Å². The van der Waals surface area contributed by atoms with Crippen molar-refractivity contribution in [3.05, 3.63) is 23.9 Å². The zero-order valence-corrected chi connectivity index (χ0v) is 19.4. The minimum Gasteiger partial charge on any atom is -0.369 e. The van der Waals surface area contributed by atoms with Gasteiger partial charge in [-0.25, -0.2) is 0 Å². The number of rotatable bonds is 7. The van der Waals surface area contributed by atoms with Gasteiger partial charge < -0.3 is 10.2 Å². The molecule has 4 rings (SSSR count). The first-order valence-corrected chi connectivity index (χ1v) is 11.6. The maximum atomic E-state index is 4.40. The summed E-state index contributed by atoms with van der Waals surface area (Å²) >= 11 is 0. The lowest BCUT2D eigenvalue weighted by atomic mass is 9.92. The third kappa shape index (κ3) is 5.02. The number of aryl methyl sites for hydroxylation is 2. The molecule has 0 spiro atoms. The van der Waals surface area contributed by atoms with Crippen LogP contribution in [0.1, 0.15) is 52.0 Å². The predicted octanol–water partition coefficient (Wildman–Crippen LogP) is 4.38. The van der Waals surface area contributed by atoms with Crippen molar-refractivity contribution < 1.29 is 0 Å². The van der Waals surface area contributed by atoms with Gasteiger partial charge in [0.25, 0.3) is 0 Å². The lowest BCUT2D eigenvalue weighted by Gasteiger charge is -2.24. The molecule has 1 saturated heterocycles. The molecule has 1 N–H and O–H groups in total. The summed E-state index contributed by atoms with van der Waals surface area (Å²) < 4.78 is 1.85. The monoisotopic (exact) mass is 410 g/mol. The van der Waals surface area contributed by atoms with Gasteiger partial charge in [0.2, 0.25) is 0 Å². The first-order chi connectivity index (χ1) is 14.3. The van der Waals surface area contributed by atoms with Gasteiger partial charge in [0.15, 0.2) is 0 Å². The van der Waals surface area contributed by atoms with Gasteiger partial charge in [-0.05, 0) is 80.0 Å². The fourth-order valence-electron chi connectivity index (χ4n) is 5.31. The Hall–Kier alpha value is -1.95. The van der Waals surface area contributed by atoms with E-state index in [4.69, 9.17) is 0 Å². The van der Waals surface area contributed by atoms with E-state index >= 15 is 0 Å². The van der Waals surface area contributed by atoms with Gasteiger partial charge in [-0.2, -0.15) is 5.10 Å². The van der Waals surface area contributed by atoms with Crippen LogP contribution in [0.3, 0.4) is 0 Å². The van der Waals surface area contributed by atoms with Crippen LogP contribution in [0.5, 0.6) is 0 Å². The summed E-state index contributed by atoms with van der Waals surface area (Å²) in [5.74, 6) is 3.58. The molecular formula is C24H38N6. The predicted molar refractivity (Wildman–Crippen MR) is 122 cm³/mol. The van der Waals surface area contributed by atoms with E-state index in [1.165, 1.54) is 45.3 Å². The Morgan fingerprint density at radius 2 is 1.83 bits per heavy atom. The van der Waals surface area contributed by atoms with E-state index in [1.807, 2.05) is 30.1 Å². The van der Waals surface area contributed by atoms with Crippen molar-refractivity contribution in [1.29, 1.82) is 0 Å². The third-order valence-electron chi connectivity index (χ3n) is 6.99. The highest BCUT2D eigenvalue weighted by atomic mass is 15.3. The summed E-state index contributed by atoms with van der Waals surface area (Å²) in [7, 11) is 1.94. The van der Waals surface area contributed by atoms with Crippen molar-refractivity contribution in [2.24, 2.45) is 30.2 Å². The Balaban J connectivity index is 1.19. The Bertz CT molecular complexity index is 801. The molecule has 0 amide bonds. The van der Waals surface area contributed by atoms with Gasteiger partial charge in [0, 0.05) is 26.7 Å². The van der Waals surface area contributed by atoms with Crippen LogP contribution in [0, 0.1) is 30.1 Å². The number of nitrogens with zero attached hydrogens (tertiary/aromatic N) is 5. The van der Waals surface area contributed by atoms with E-state index in [2.05, 4.69) is 53.2 Å². The molecule has 30 heavy (non-hydrogen) atoms. The van der Waals surface area contributed by atoms with Crippen LogP contribution in [0.4, 0.5) is 5.82 Å². The second kappa shape index (κ2) is 8.66. The van der Waals surface area contributed by atoms with Crippen LogP contribution in [0.25, 0.3) is 11.4 Å².